The number of benzene rings is 1. The van der Waals surface area contributed by atoms with Gasteiger partial charge in [0.1, 0.15) is 17.8 Å². The summed E-state index contributed by atoms with van der Waals surface area (Å²) >= 11 is 0. The van der Waals surface area contributed by atoms with E-state index in [-0.39, 0.29) is 5.91 Å². The van der Waals surface area contributed by atoms with E-state index in [4.69, 9.17) is 0 Å². The van der Waals surface area contributed by atoms with Crippen LogP contribution < -0.4 is 10.2 Å². The number of rotatable bonds is 6. The quantitative estimate of drug-likeness (QED) is 0.886. The van der Waals surface area contributed by atoms with Crippen LogP contribution in [0.25, 0.3) is 0 Å². The van der Waals surface area contributed by atoms with E-state index in [0.717, 1.165) is 24.5 Å². The first-order valence-corrected chi connectivity index (χ1v) is 7.19. The summed E-state index contributed by atoms with van der Waals surface area (Å²) in [7, 11) is 0. The van der Waals surface area contributed by atoms with E-state index in [9.17, 15) is 4.79 Å². The molecule has 5 heteroatoms. The second kappa shape index (κ2) is 7.38. The molecule has 2 rings (SSSR count). The fourth-order valence-corrected chi connectivity index (χ4v) is 2.03. The third-order valence-electron chi connectivity index (χ3n) is 3.08. The predicted octanol–water partition coefficient (Wildman–Crippen LogP) is 2.77. The van der Waals surface area contributed by atoms with Crippen LogP contribution in [0.2, 0.25) is 0 Å². The van der Waals surface area contributed by atoms with Crippen molar-refractivity contribution in [2.24, 2.45) is 0 Å². The van der Waals surface area contributed by atoms with Crippen molar-refractivity contribution in [3.63, 3.8) is 0 Å². The molecule has 1 aromatic heterocycles. The van der Waals surface area contributed by atoms with Gasteiger partial charge in [-0.25, -0.2) is 9.97 Å². The summed E-state index contributed by atoms with van der Waals surface area (Å²) in [6.45, 7) is 5.47. The van der Waals surface area contributed by atoms with E-state index in [2.05, 4.69) is 15.3 Å². The molecule has 0 radical (unpaired) electrons. The molecule has 0 atom stereocenters. The Bertz CT molecular complexity index is 586. The normalized spacial score (nSPS) is 10.2. The average Bonchev–Trinajstić information content (AvgIpc) is 2.54. The lowest BCUT2D eigenvalue weighted by Gasteiger charge is -2.22. The lowest BCUT2D eigenvalue weighted by Crippen LogP contribution is -2.26. The molecule has 0 aliphatic rings. The Morgan fingerprint density at radius 3 is 2.62 bits per heavy atom. The number of nitrogens with one attached hydrogen (secondary N) is 1. The van der Waals surface area contributed by atoms with Crippen LogP contribution >= 0.6 is 0 Å². The van der Waals surface area contributed by atoms with Gasteiger partial charge in [-0.3, -0.25) is 4.79 Å². The maximum Gasteiger partial charge on any atom is 0.270 e. The Labute approximate surface area is 125 Å². The number of nitrogens with zero attached hydrogens (tertiary/aromatic N) is 3. The molecule has 0 fully saturated rings. The van der Waals surface area contributed by atoms with E-state index in [0.29, 0.717) is 12.2 Å². The van der Waals surface area contributed by atoms with Gasteiger partial charge in [-0.1, -0.05) is 25.1 Å². The zero-order valence-corrected chi connectivity index (χ0v) is 12.4. The van der Waals surface area contributed by atoms with Gasteiger partial charge in [0.2, 0.25) is 0 Å². The second-order valence-electron chi connectivity index (χ2n) is 4.60. The molecule has 0 aliphatic carbocycles. The molecule has 0 unspecified atom stereocenters. The first-order valence-electron chi connectivity index (χ1n) is 7.19. The monoisotopic (exact) mass is 284 g/mol. The van der Waals surface area contributed by atoms with Crippen molar-refractivity contribution >= 4 is 17.4 Å². The molecule has 5 nitrogen and oxygen atoms in total. The molecule has 1 aromatic carbocycles. The number of anilines is 2. The molecule has 0 saturated carbocycles. The van der Waals surface area contributed by atoms with Crippen molar-refractivity contribution in [2.45, 2.75) is 20.3 Å². The summed E-state index contributed by atoms with van der Waals surface area (Å²) in [5.74, 6) is 0.560. The number of aromatic nitrogens is 2. The Hall–Kier alpha value is -2.43. The fourth-order valence-electron chi connectivity index (χ4n) is 2.03. The molecule has 1 N–H and O–H groups in total. The van der Waals surface area contributed by atoms with E-state index in [1.54, 1.807) is 6.07 Å². The van der Waals surface area contributed by atoms with Gasteiger partial charge in [-0.05, 0) is 25.5 Å². The summed E-state index contributed by atoms with van der Waals surface area (Å²) in [6.07, 6.45) is 2.33. The summed E-state index contributed by atoms with van der Waals surface area (Å²) in [5, 5.41) is 2.82. The highest BCUT2D eigenvalue weighted by atomic mass is 16.1. The Morgan fingerprint density at radius 2 is 1.95 bits per heavy atom. The Balaban J connectivity index is 2.25. The summed E-state index contributed by atoms with van der Waals surface area (Å²) in [4.78, 5) is 22.4. The average molecular weight is 284 g/mol. The molecule has 0 bridgehead atoms. The van der Waals surface area contributed by atoms with E-state index < -0.39 is 0 Å². The molecular formula is C16H20N4O. The van der Waals surface area contributed by atoms with E-state index >= 15 is 0 Å². The fraction of sp³-hybridized carbons (Fsp3) is 0.312. The number of hydrogen-bond acceptors (Lipinski definition) is 4. The van der Waals surface area contributed by atoms with Crippen LogP contribution in [0, 0.1) is 0 Å². The number of hydrogen-bond donors (Lipinski definition) is 1. The van der Waals surface area contributed by atoms with Gasteiger partial charge in [0.05, 0.1) is 0 Å². The lowest BCUT2D eigenvalue weighted by atomic mass is 10.2. The number of carbonyl (C=O) groups is 1. The molecule has 0 saturated heterocycles. The van der Waals surface area contributed by atoms with Crippen molar-refractivity contribution in [2.75, 3.05) is 18.0 Å². The van der Waals surface area contributed by atoms with Gasteiger partial charge in [0.25, 0.3) is 5.91 Å². The zero-order valence-electron chi connectivity index (χ0n) is 12.4. The number of amides is 1. The highest BCUT2D eigenvalue weighted by molar-refractivity contribution is 5.93. The highest BCUT2D eigenvalue weighted by Crippen LogP contribution is 2.22. The van der Waals surface area contributed by atoms with Crippen molar-refractivity contribution in [1.29, 1.82) is 0 Å². The molecule has 2 aromatic rings. The number of para-hydroxylation sites is 1. The number of carbonyl (C=O) groups excluding carboxylic acids is 1. The lowest BCUT2D eigenvalue weighted by molar-refractivity contribution is 0.0948. The Morgan fingerprint density at radius 1 is 1.19 bits per heavy atom. The highest BCUT2D eigenvalue weighted by Gasteiger charge is 2.12. The first kappa shape index (κ1) is 15.0. The van der Waals surface area contributed by atoms with Crippen molar-refractivity contribution < 1.29 is 4.79 Å². The Kier molecular flexibility index (Phi) is 5.26. The first-order chi connectivity index (χ1) is 10.3. The predicted molar refractivity (Wildman–Crippen MR) is 83.8 cm³/mol. The standard InChI is InChI=1S/C16H20N4O/c1-3-10-17-16(21)14-11-15(19-12-18-14)20(4-2)13-8-6-5-7-9-13/h5-9,11-12H,3-4,10H2,1-2H3,(H,17,21). The third-order valence-corrected chi connectivity index (χ3v) is 3.08. The van der Waals surface area contributed by atoms with Gasteiger partial charge < -0.3 is 10.2 Å². The van der Waals surface area contributed by atoms with E-state index in [1.165, 1.54) is 6.33 Å². The summed E-state index contributed by atoms with van der Waals surface area (Å²) in [5.41, 5.74) is 1.43. The van der Waals surface area contributed by atoms with Gasteiger partial charge in [0, 0.05) is 24.8 Å². The molecule has 1 heterocycles. The van der Waals surface area contributed by atoms with Crippen LogP contribution in [0.1, 0.15) is 30.8 Å². The van der Waals surface area contributed by atoms with Crippen LogP contribution in [-0.4, -0.2) is 29.0 Å². The molecule has 21 heavy (non-hydrogen) atoms. The molecule has 110 valence electrons. The largest absolute Gasteiger partial charge is 0.351 e. The van der Waals surface area contributed by atoms with Crippen LogP contribution in [0.5, 0.6) is 0 Å². The zero-order chi connectivity index (χ0) is 15.1. The van der Waals surface area contributed by atoms with Crippen molar-refractivity contribution in [3.8, 4) is 0 Å². The third kappa shape index (κ3) is 3.78. The summed E-state index contributed by atoms with van der Waals surface area (Å²) < 4.78 is 0. The van der Waals surface area contributed by atoms with Crippen LogP contribution in [0.4, 0.5) is 11.5 Å². The molecular weight excluding hydrogens is 264 g/mol. The minimum atomic E-state index is -0.162. The van der Waals surface area contributed by atoms with Crippen molar-refractivity contribution in [3.05, 3.63) is 48.4 Å². The van der Waals surface area contributed by atoms with Gasteiger partial charge >= 0.3 is 0 Å². The molecule has 0 spiro atoms. The SMILES string of the molecule is CCCNC(=O)c1cc(N(CC)c2ccccc2)ncn1. The van der Waals surface area contributed by atoms with E-state index in [1.807, 2.05) is 49.1 Å². The maximum atomic E-state index is 12.0. The van der Waals surface area contributed by atoms with Crippen molar-refractivity contribution in [1.82, 2.24) is 15.3 Å². The van der Waals surface area contributed by atoms with Gasteiger partial charge in [-0.2, -0.15) is 0 Å². The van der Waals surface area contributed by atoms with Crippen LogP contribution in [-0.2, 0) is 0 Å². The summed E-state index contributed by atoms with van der Waals surface area (Å²) in [6, 6.07) is 11.7. The minimum Gasteiger partial charge on any atom is -0.351 e. The molecule has 1 amide bonds. The minimum absolute atomic E-state index is 0.162. The maximum absolute atomic E-state index is 12.0. The van der Waals surface area contributed by atoms with Crippen LogP contribution in [0.15, 0.2) is 42.7 Å². The topological polar surface area (TPSA) is 58.1 Å². The smallest absolute Gasteiger partial charge is 0.270 e. The van der Waals surface area contributed by atoms with Gasteiger partial charge in [0.15, 0.2) is 0 Å². The second-order valence-corrected chi connectivity index (χ2v) is 4.60. The molecule has 0 aliphatic heterocycles. The van der Waals surface area contributed by atoms with Crippen LogP contribution in [0.3, 0.4) is 0 Å². The van der Waals surface area contributed by atoms with Gasteiger partial charge in [-0.15, -0.1) is 0 Å².